The Morgan fingerprint density at radius 3 is 2.83 bits per heavy atom. The number of imidazole rings is 1. The summed E-state index contributed by atoms with van der Waals surface area (Å²) in [6, 6.07) is 11.9. The maximum atomic E-state index is 12.7. The van der Waals surface area contributed by atoms with Gasteiger partial charge in [-0.1, -0.05) is 12.1 Å². The lowest BCUT2D eigenvalue weighted by Gasteiger charge is -2.17. The van der Waals surface area contributed by atoms with Gasteiger partial charge in [-0.3, -0.25) is 4.98 Å². The Labute approximate surface area is 174 Å². The van der Waals surface area contributed by atoms with Crippen LogP contribution in [0.4, 0.5) is 0 Å². The van der Waals surface area contributed by atoms with Crippen LogP contribution in [-0.2, 0) is 10.0 Å². The molecule has 2 aromatic carbocycles. The molecule has 2 atom stereocenters. The fourth-order valence-corrected chi connectivity index (χ4v) is 4.60. The van der Waals surface area contributed by atoms with E-state index in [1.165, 1.54) is 0 Å². The molecule has 0 aliphatic heterocycles. The number of hydrogen-bond acceptors (Lipinski definition) is 6. The lowest BCUT2D eigenvalue weighted by Crippen LogP contribution is -2.40. The molecular formula is C21H23N5O3S. The maximum Gasteiger partial charge on any atom is 0.240 e. The second kappa shape index (κ2) is 8.49. The predicted octanol–water partition coefficient (Wildman–Crippen LogP) is 2.10. The summed E-state index contributed by atoms with van der Waals surface area (Å²) in [5, 5.41) is 15.2. The molecule has 2 aromatic heterocycles. The van der Waals surface area contributed by atoms with Crippen LogP contribution in [0.15, 0.2) is 66.1 Å². The Morgan fingerprint density at radius 2 is 1.97 bits per heavy atom. The first-order valence-electron chi connectivity index (χ1n) is 9.60. The molecule has 4 rings (SSSR count). The number of nitrogens with one attached hydrogen (secondary N) is 3. The van der Waals surface area contributed by atoms with Gasteiger partial charge in [-0.15, -0.1) is 0 Å². The van der Waals surface area contributed by atoms with Gasteiger partial charge in [0.05, 0.1) is 28.4 Å². The molecule has 8 nitrogen and oxygen atoms in total. The molecule has 2 heterocycles. The van der Waals surface area contributed by atoms with Crippen molar-refractivity contribution in [2.24, 2.45) is 0 Å². The van der Waals surface area contributed by atoms with E-state index in [4.69, 9.17) is 0 Å². The van der Waals surface area contributed by atoms with Crippen LogP contribution < -0.4 is 10.0 Å². The predicted molar refractivity (Wildman–Crippen MR) is 115 cm³/mol. The van der Waals surface area contributed by atoms with Gasteiger partial charge in [0.1, 0.15) is 0 Å². The monoisotopic (exact) mass is 425 g/mol. The van der Waals surface area contributed by atoms with Crippen LogP contribution in [0.25, 0.3) is 21.8 Å². The average Bonchev–Trinajstić information content (AvgIpc) is 3.20. The second-order valence-corrected chi connectivity index (χ2v) is 8.97. The highest BCUT2D eigenvalue weighted by molar-refractivity contribution is 7.89. The topological polar surface area (TPSA) is 120 Å². The highest BCUT2D eigenvalue weighted by Gasteiger charge is 2.18. The van der Waals surface area contributed by atoms with Crippen molar-refractivity contribution in [2.75, 3.05) is 13.1 Å². The molecule has 0 radical (unpaired) electrons. The summed E-state index contributed by atoms with van der Waals surface area (Å²) < 4.78 is 28.1. The Bertz CT molecular complexity index is 1270. The number of fused-ring (bicyclic) bond motifs is 2. The highest BCUT2D eigenvalue weighted by Crippen LogP contribution is 2.19. The summed E-state index contributed by atoms with van der Waals surface area (Å²) in [6.45, 7) is 2.45. The first-order chi connectivity index (χ1) is 14.4. The van der Waals surface area contributed by atoms with Gasteiger partial charge in [0.25, 0.3) is 0 Å². The minimum absolute atomic E-state index is 0.209. The number of benzene rings is 2. The Balaban J connectivity index is 1.33. The number of aromatic nitrogens is 3. The standard InChI is InChI=1S/C21H23N5O3S/c1-14(10-23-12-21(27)16-3-5-19-20(9-16)25-13-24-19)26-30(28,29)18-4-2-17-11-22-7-6-15(17)8-18/h2-9,11,13-14,21,23,26-27H,10,12H2,1H3,(H,24,25)/t14-,21?/m1/s1. The quantitative estimate of drug-likeness (QED) is 0.343. The molecule has 0 spiro atoms. The number of sulfonamides is 1. The second-order valence-electron chi connectivity index (χ2n) is 7.26. The number of nitrogens with zero attached hydrogens (tertiary/aromatic N) is 2. The van der Waals surface area contributed by atoms with E-state index < -0.39 is 16.1 Å². The van der Waals surface area contributed by atoms with E-state index >= 15 is 0 Å². The van der Waals surface area contributed by atoms with Crippen LogP contribution in [0.2, 0.25) is 0 Å². The SMILES string of the molecule is C[C@H](CNCC(O)c1ccc2nc[nH]c2c1)NS(=O)(=O)c1ccc2cnccc2c1. The number of aromatic amines is 1. The largest absolute Gasteiger partial charge is 0.387 e. The molecule has 4 aromatic rings. The number of rotatable bonds is 8. The van der Waals surface area contributed by atoms with E-state index in [0.29, 0.717) is 13.1 Å². The Morgan fingerprint density at radius 1 is 1.10 bits per heavy atom. The molecule has 0 aliphatic carbocycles. The molecule has 0 fully saturated rings. The van der Waals surface area contributed by atoms with E-state index in [-0.39, 0.29) is 10.9 Å². The molecule has 0 saturated heterocycles. The van der Waals surface area contributed by atoms with Gasteiger partial charge in [-0.2, -0.15) is 0 Å². The van der Waals surface area contributed by atoms with Gasteiger partial charge < -0.3 is 15.4 Å². The molecule has 9 heteroatoms. The first-order valence-corrected chi connectivity index (χ1v) is 11.1. The molecule has 0 bridgehead atoms. The molecule has 4 N–H and O–H groups in total. The summed E-state index contributed by atoms with van der Waals surface area (Å²) in [5.74, 6) is 0. The Hall–Kier alpha value is -2.85. The molecule has 0 aliphatic rings. The number of H-pyrrole nitrogens is 1. The maximum absolute atomic E-state index is 12.7. The molecule has 1 unspecified atom stereocenters. The third-order valence-electron chi connectivity index (χ3n) is 4.90. The summed E-state index contributed by atoms with van der Waals surface area (Å²) >= 11 is 0. The zero-order chi connectivity index (χ0) is 21.1. The van der Waals surface area contributed by atoms with Crippen LogP contribution in [0.5, 0.6) is 0 Å². The fourth-order valence-electron chi connectivity index (χ4n) is 3.32. The van der Waals surface area contributed by atoms with Crippen LogP contribution >= 0.6 is 0 Å². The van der Waals surface area contributed by atoms with Crippen molar-refractivity contribution in [2.45, 2.75) is 24.0 Å². The molecular weight excluding hydrogens is 402 g/mol. The summed E-state index contributed by atoms with van der Waals surface area (Å²) in [6.07, 6.45) is 4.23. The molecule has 0 saturated carbocycles. The lowest BCUT2D eigenvalue weighted by atomic mass is 10.1. The van der Waals surface area contributed by atoms with Gasteiger partial charge >= 0.3 is 0 Å². The van der Waals surface area contributed by atoms with E-state index in [1.54, 1.807) is 49.9 Å². The molecule has 0 amide bonds. The van der Waals surface area contributed by atoms with Gasteiger partial charge in [-0.25, -0.2) is 18.1 Å². The van der Waals surface area contributed by atoms with Gasteiger partial charge in [0.2, 0.25) is 10.0 Å². The number of hydrogen-bond donors (Lipinski definition) is 4. The summed E-state index contributed by atoms with van der Waals surface area (Å²) in [7, 11) is -3.66. The zero-order valence-electron chi connectivity index (χ0n) is 16.4. The molecule has 156 valence electrons. The summed E-state index contributed by atoms with van der Waals surface area (Å²) in [5.41, 5.74) is 2.46. The van der Waals surface area contributed by atoms with Crippen LogP contribution in [0.1, 0.15) is 18.6 Å². The van der Waals surface area contributed by atoms with E-state index in [9.17, 15) is 13.5 Å². The van der Waals surface area contributed by atoms with E-state index in [1.807, 2.05) is 18.2 Å². The fraction of sp³-hybridized carbons (Fsp3) is 0.238. The normalized spacial score (nSPS) is 14.2. The average molecular weight is 426 g/mol. The zero-order valence-corrected chi connectivity index (χ0v) is 17.2. The van der Waals surface area contributed by atoms with Gasteiger partial charge in [-0.05, 0) is 48.2 Å². The van der Waals surface area contributed by atoms with E-state index in [2.05, 4.69) is 25.0 Å². The van der Waals surface area contributed by atoms with Crippen molar-refractivity contribution in [3.63, 3.8) is 0 Å². The van der Waals surface area contributed by atoms with Gasteiger partial charge in [0, 0.05) is 36.9 Å². The first kappa shape index (κ1) is 20.4. The van der Waals surface area contributed by atoms with Crippen molar-refractivity contribution >= 4 is 31.8 Å². The lowest BCUT2D eigenvalue weighted by molar-refractivity contribution is 0.174. The minimum Gasteiger partial charge on any atom is -0.387 e. The third-order valence-corrected chi connectivity index (χ3v) is 6.48. The number of aliphatic hydroxyl groups is 1. The van der Waals surface area contributed by atoms with Crippen LogP contribution in [0, 0.1) is 0 Å². The third kappa shape index (κ3) is 4.49. The van der Waals surface area contributed by atoms with Crippen molar-refractivity contribution in [3.8, 4) is 0 Å². The van der Waals surface area contributed by atoms with Crippen LogP contribution in [0.3, 0.4) is 0 Å². The van der Waals surface area contributed by atoms with Crippen molar-refractivity contribution < 1.29 is 13.5 Å². The van der Waals surface area contributed by atoms with Gasteiger partial charge in [0.15, 0.2) is 0 Å². The summed E-state index contributed by atoms with van der Waals surface area (Å²) in [4.78, 5) is 11.4. The van der Waals surface area contributed by atoms with Crippen molar-refractivity contribution in [1.82, 2.24) is 25.0 Å². The van der Waals surface area contributed by atoms with Crippen LogP contribution in [-0.4, -0.2) is 47.6 Å². The minimum atomic E-state index is -3.66. The number of pyridine rings is 1. The Kier molecular flexibility index (Phi) is 5.78. The van der Waals surface area contributed by atoms with E-state index in [0.717, 1.165) is 27.4 Å². The van der Waals surface area contributed by atoms with Crippen molar-refractivity contribution in [3.05, 3.63) is 66.7 Å². The smallest absolute Gasteiger partial charge is 0.240 e. The van der Waals surface area contributed by atoms with Crippen molar-refractivity contribution in [1.29, 1.82) is 0 Å². The molecule has 30 heavy (non-hydrogen) atoms. The number of aliphatic hydroxyl groups excluding tert-OH is 1. The highest BCUT2D eigenvalue weighted by atomic mass is 32.2.